The number of nitrogens with zero attached hydrogens (tertiary/aromatic N) is 2. The van der Waals surface area contributed by atoms with Gasteiger partial charge in [-0.15, -0.1) is 11.8 Å². The number of aryl methyl sites for hydroxylation is 1. The van der Waals surface area contributed by atoms with E-state index in [1.165, 1.54) is 10.5 Å². The number of aromatic nitrogens is 2. The van der Waals surface area contributed by atoms with Gasteiger partial charge in [-0.3, -0.25) is 4.68 Å². The molecule has 0 bridgehead atoms. The number of benzene rings is 1. The van der Waals surface area contributed by atoms with Crippen LogP contribution in [0.1, 0.15) is 11.1 Å². The predicted molar refractivity (Wildman–Crippen MR) is 68.4 cm³/mol. The van der Waals surface area contributed by atoms with Gasteiger partial charge in [0.05, 0.1) is 6.20 Å². The summed E-state index contributed by atoms with van der Waals surface area (Å²) in [5, 5.41) is 4.15. The van der Waals surface area contributed by atoms with E-state index >= 15 is 0 Å². The lowest BCUT2D eigenvalue weighted by molar-refractivity contribution is 0.767. The first-order chi connectivity index (χ1) is 7.66. The van der Waals surface area contributed by atoms with Crippen LogP contribution < -0.4 is 5.73 Å². The molecule has 0 aliphatic carbocycles. The molecule has 0 unspecified atom stereocenters. The summed E-state index contributed by atoms with van der Waals surface area (Å²) in [5.41, 5.74) is 9.12. The van der Waals surface area contributed by atoms with Crippen molar-refractivity contribution in [1.82, 2.24) is 9.78 Å². The zero-order valence-corrected chi connectivity index (χ0v) is 10.3. The van der Waals surface area contributed by atoms with E-state index in [1.807, 2.05) is 36.3 Å². The molecule has 1 aromatic heterocycles. The molecule has 0 amide bonds. The summed E-state index contributed by atoms with van der Waals surface area (Å²) in [6.45, 7) is 2.06. The molecule has 0 aliphatic rings. The molecule has 0 fully saturated rings. The van der Waals surface area contributed by atoms with E-state index in [9.17, 15) is 0 Å². The number of hydrogen-bond donors (Lipinski definition) is 1. The van der Waals surface area contributed by atoms with Crippen LogP contribution in [0.2, 0.25) is 0 Å². The molecule has 0 aliphatic heterocycles. The molecular weight excluding hydrogens is 218 g/mol. The van der Waals surface area contributed by atoms with Crippen molar-refractivity contribution in [2.45, 2.75) is 17.6 Å². The number of anilines is 1. The van der Waals surface area contributed by atoms with Crippen molar-refractivity contribution in [2.75, 3.05) is 5.73 Å². The van der Waals surface area contributed by atoms with Crippen LogP contribution in [0.3, 0.4) is 0 Å². The van der Waals surface area contributed by atoms with Crippen LogP contribution in [0.4, 0.5) is 5.69 Å². The van der Waals surface area contributed by atoms with Crippen LogP contribution in [-0.4, -0.2) is 9.78 Å². The number of rotatable bonds is 3. The van der Waals surface area contributed by atoms with Gasteiger partial charge >= 0.3 is 0 Å². The van der Waals surface area contributed by atoms with Crippen molar-refractivity contribution >= 4 is 17.4 Å². The zero-order chi connectivity index (χ0) is 11.5. The van der Waals surface area contributed by atoms with Crippen molar-refractivity contribution in [3.05, 3.63) is 41.7 Å². The molecule has 1 heterocycles. The Morgan fingerprint density at radius 1 is 1.44 bits per heavy atom. The maximum atomic E-state index is 5.86. The molecule has 1 aromatic carbocycles. The Morgan fingerprint density at radius 3 is 2.94 bits per heavy atom. The van der Waals surface area contributed by atoms with Crippen LogP contribution in [-0.2, 0) is 12.8 Å². The second-order valence-corrected chi connectivity index (χ2v) is 4.80. The van der Waals surface area contributed by atoms with E-state index in [-0.39, 0.29) is 0 Å². The Balaban J connectivity index is 2.07. The van der Waals surface area contributed by atoms with Gasteiger partial charge in [-0.05, 0) is 24.6 Å². The maximum Gasteiger partial charge on any atom is 0.0530 e. The highest BCUT2D eigenvalue weighted by molar-refractivity contribution is 7.98. The van der Waals surface area contributed by atoms with E-state index < -0.39 is 0 Å². The quantitative estimate of drug-likeness (QED) is 0.654. The van der Waals surface area contributed by atoms with Gasteiger partial charge in [-0.25, -0.2) is 0 Å². The third-order valence-corrected chi connectivity index (χ3v) is 3.71. The Morgan fingerprint density at radius 2 is 2.25 bits per heavy atom. The van der Waals surface area contributed by atoms with Gasteiger partial charge in [0.2, 0.25) is 0 Å². The van der Waals surface area contributed by atoms with Gasteiger partial charge in [-0.2, -0.15) is 5.10 Å². The highest BCUT2D eigenvalue weighted by Crippen LogP contribution is 2.28. The van der Waals surface area contributed by atoms with Gasteiger partial charge in [0.25, 0.3) is 0 Å². The molecule has 2 rings (SSSR count). The Bertz CT molecular complexity index is 491. The Kier molecular flexibility index (Phi) is 3.19. The summed E-state index contributed by atoms with van der Waals surface area (Å²) in [7, 11) is 1.93. The fourth-order valence-electron chi connectivity index (χ4n) is 1.50. The van der Waals surface area contributed by atoms with Crippen LogP contribution >= 0.6 is 11.8 Å². The number of hydrogen-bond acceptors (Lipinski definition) is 3. The summed E-state index contributed by atoms with van der Waals surface area (Å²) in [5.74, 6) is 0.929. The van der Waals surface area contributed by atoms with Gasteiger partial charge in [0.1, 0.15) is 0 Å². The van der Waals surface area contributed by atoms with Gasteiger partial charge in [0, 0.05) is 35.1 Å². The monoisotopic (exact) mass is 233 g/mol. The fourth-order valence-corrected chi connectivity index (χ4v) is 2.48. The van der Waals surface area contributed by atoms with Crippen molar-refractivity contribution in [1.29, 1.82) is 0 Å². The average Bonchev–Trinajstić information content (AvgIpc) is 2.67. The first kappa shape index (κ1) is 11.1. The maximum absolute atomic E-state index is 5.86. The molecule has 3 nitrogen and oxygen atoms in total. The molecule has 2 aromatic rings. The predicted octanol–water partition coefficient (Wildman–Crippen LogP) is 2.60. The van der Waals surface area contributed by atoms with E-state index in [1.54, 1.807) is 11.8 Å². The fraction of sp³-hybridized carbons (Fsp3) is 0.250. The lowest BCUT2D eigenvalue weighted by Gasteiger charge is -2.06. The first-order valence-electron chi connectivity index (χ1n) is 5.12. The van der Waals surface area contributed by atoms with Gasteiger partial charge < -0.3 is 5.73 Å². The smallest absolute Gasteiger partial charge is 0.0530 e. The number of nitrogens with two attached hydrogens (primary N) is 1. The second kappa shape index (κ2) is 4.61. The summed E-state index contributed by atoms with van der Waals surface area (Å²) in [4.78, 5) is 1.24. The molecule has 84 valence electrons. The molecule has 0 radical (unpaired) electrons. The van der Waals surface area contributed by atoms with Gasteiger partial charge in [-0.1, -0.05) is 6.07 Å². The summed E-state index contributed by atoms with van der Waals surface area (Å²) in [6.07, 6.45) is 3.93. The topological polar surface area (TPSA) is 43.8 Å². The minimum Gasteiger partial charge on any atom is -0.398 e. The number of nitrogen functional groups attached to an aromatic ring is 1. The van der Waals surface area contributed by atoms with Crippen molar-refractivity contribution in [3.8, 4) is 0 Å². The van der Waals surface area contributed by atoms with E-state index in [0.29, 0.717) is 0 Å². The molecule has 16 heavy (non-hydrogen) atoms. The Hall–Kier alpha value is -1.42. The van der Waals surface area contributed by atoms with Crippen LogP contribution in [0, 0.1) is 6.92 Å². The van der Waals surface area contributed by atoms with Crippen molar-refractivity contribution in [2.24, 2.45) is 7.05 Å². The summed E-state index contributed by atoms with van der Waals surface area (Å²) < 4.78 is 1.82. The summed E-state index contributed by atoms with van der Waals surface area (Å²) in [6, 6.07) is 6.03. The second-order valence-electron chi connectivity index (χ2n) is 3.78. The first-order valence-corrected chi connectivity index (χ1v) is 6.11. The highest BCUT2D eigenvalue weighted by Gasteiger charge is 2.03. The zero-order valence-electron chi connectivity index (χ0n) is 9.47. The molecule has 0 spiro atoms. The minimum absolute atomic E-state index is 0.858. The van der Waals surface area contributed by atoms with E-state index in [4.69, 9.17) is 5.73 Å². The third-order valence-electron chi connectivity index (χ3n) is 2.48. The van der Waals surface area contributed by atoms with E-state index in [0.717, 1.165) is 17.0 Å². The SMILES string of the molecule is Cc1c(N)cccc1SCc1cnn(C)c1. The minimum atomic E-state index is 0.858. The lowest BCUT2D eigenvalue weighted by Crippen LogP contribution is -1.91. The van der Waals surface area contributed by atoms with Crippen LogP contribution in [0.25, 0.3) is 0 Å². The largest absolute Gasteiger partial charge is 0.398 e. The van der Waals surface area contributed by atoms with Crippen molar-refractivity contribution in [3.63, 3.8) is 0 Å². The Labute approximate surface area is 99.7 Å². The summed E-state index contributed by atoms with van der Waals surface area (Å²) >= 11 is 1.79. The van der Waals surface area contributed by atoms with Crippen LogP contribution in [0.15, 0.2) is 35.5 Å². The van der Waals surface area contributed by atoms with Gasteiger partial charge in [0.15, 0.2) is 0 Å². The standard InChI is InChI=1S/C12H15N3S/c1-9-11(13)4-3-5-12(9)16-8-10-6-14-15(2)7-10/h3-7H,8,13H2,1-2H3. The average molecular weight is 233 g/mol. The van der Waals surface area contributed by atoms with Crippen molar-refractivity contribution < 1.29 is 0 Å². The molecular formula is C12H15N3S. The molecule has 0 saturated carbocycles. The molecule has 0 saturated heterocycles. The molecule has 4 heteroatoms. The van der Waals surface area contributed by atoms with Crippen LogP contribution in [0.5, 0.6) is 0 Å². The molecule has 2 N–H and O–H groups in total. The van der Waals surface area contributed by atoms with E-state index in [2.05, 4.69) is 18.1 Å². The lowest BCUT2D eigenvalue weighted by atomic mass is 10.2. The third kappa shape index (κ3) is 2.39. The number of thioether (sulfide) groups is 1. The highest BCUT2D eigenvalue weighted by atomic mass is 32.2. The normalized spacial score (nSPS) is 10.6. The molecule has 0 atom stereocenters.